The van der Waals surface area contributed by atoms with Crippen LogP contribution in [0.25, 0.3) is 0 Å². The number of ether oxygens (including phenoxy) is 2. The fourth-order valence-corrected chi connectivity index (χ4v) is 2.16. The van der Waals surface area contributed by atoms with Crippen LogP contribution < -0.4 is 10.1 Å². The highest BCUT2D eigenvalue weighted by Gasteiger charge is 2.13. The third-order valence-electron chi connectivity index (χ3n) is 2.46. The molecule has 2 aromatic rings. The van der Waals surface area contributed by atoms with Gasteiger partial charge in [0.1, 0.15) is 12.4 Å². The smallest absolute Gasteiger partial charge is 0.358 e. The number of hydrogen-bond donors (Lipinski definition) is 1. The van der Waals surface area contributed by atoms with Crippen molar-refractivity contribution in [2.75, 3.05) is 19.0 Å². The van der Waals surface area contributed by atoms with Crippen molar-refractivity contribution in [3.8, 4) is 5.75 Å². The topological polar surface area (TPSA) is 77.5 Å². The molecule has 1 aromatic carbocycles. The molecule has 0 aliphatic carbocycles. The zero-order valence-corrected chi connectivity index (χ0v) is 12.4. The lowest BCUT2D eigenvalue weighted by Crippen LogP contribution is -2.11. The number of Topliss-reactive ketones (excluding diaryl/α,β-unsaturated/α-hetero) is 1. The number of anilines is 2. The molecule has 1 aromatic heterocycles. The number of rotatable bonds is 6. The maximum absolute atomic E-state index is 11.6. The quantitative estimate of drug-likeness (QED) is 0.827. The van der Waals surface area contributed by atoms with Gasteiger partial charge in [-0.2, -0.15) is 0 Å². The van der Waals surface area contributed by atoms with Gasteiger partial charge in [-0.05, 0) is 31.2 Å². The first-order valence-corrected chi connectivity index (χ1v) is 6.99. The summed E-state index contributed by atoms with van der Waals surface area (Å²) in [6, 6.07) is 7.32. The van der Waals surface area contributed by atoms with Crippen molar-refractivity contribution < 1.29 is 19.1 Å². The van der Waals surface area contributed by atoms with Crippen molar-refractivity contribution in [1.82, 2.24) is 4.98 Å². The summed E-state index contributed by atoms with van der Waals surface area (Å²) >= 11 is 1.28. The molecule has 7 heteroatoms. The number of hydrogen-bond acceptors (Lipinski definition) is 7. The monoisotopic (exact) mass is 306 g/mol. The molecule has 0 atom stereocenters. The Morgan fingerprint density at radius 3 is 2.62 bits per heavy atom. The van der Waals surface area contributed by atoms with Crippen LogP contribution in [0.3, 0.4) is 0 Å². The molecule has 0 saturated heterocycles. The summed E-state index contributed by atoms with van der Waals surface area (Å²) in [5.41, 5.74) is 1.01. The first-order chi connectivity index (χ1) is 10.1. The van der Waals surface area contributed by atoms with Gasteiger partial charge in [-0.1, -0.05) is 0 Å². The minimum absolute atomic E-state index is 0.178. The Labute approximate surface area is 125 Å². The molecule has 0 aliphatic heterocycles. The van der Waals surface area contributed by atoms with Gasteiger partial charge in [0, 0.05) is 11.1 Å². The minimum atomic E-state index is -0.607. The zero-order valence-electron chi connectivity index (χ0n) is 11.6. The van der Waals surface area contributed by atoms with E-state index in [-0.39, 0.29) is 18.1 Å². The van der Waals surface area contributed by atoms with Crippen LogP contribution in [0.1, 0.15) is 17.4 Å². The number of ketones is 1. The van der Waals surface area contributed by atoms with E-state index in [0.717, 1.165) is 11.4 Å². The number of aromatic nitrogens is 1. The van der Waals surface area contributed by atoms with Crippen molar-refractivity contribution in [3.63, 3.8) is 0 Å². The summed E-state index contributed by atoms with van der Waals surface area (Å²) in [4.78, 5) is 26.5. The summed E-state index contributed by atoms with van der Waals surface area (Å²) in [5, 5.41) is 5.21. The van der Waals surface area contributed by atoms with Crippen LogP contribution in [0.5, 0.6) is 5.75 Å². The van der Waals surface area contributed by atoms with Gasteiger partial charge < -0.3 is 14.8 Å². The first kappa shape index (κ1) is 15.0. The Hall–Kier alpha value is -2.41. The third kappa shape index (κ3) is 4.28. The number of carbonyl (C=O) groups is 2. The van der Waals surface area contributed by atoms with E-state index in [1.807, 2.05) is 24.3 Å². The summed E-state index contributed by atoms with van der Waals surface area (Å²) in [5.74, 6) is -0.0624. The van der Waals surface area contributed by atoms with E-state index in [0.29, 0.717) is 5.13 Å². The molecule has 0 amide bonds. The van der Waals surface area contributed by atoms with E-state index in [2.05, 4.69) is 10.3 Å². The summed E-state index contributed by atoms with van der Waals surface area (Å²) < 4.78 is 9.87. The third-order valence-corrected chi connectivity index (χ3v) is 3.22. The average molecular weight is 306 g/mol. The number of benzene rings is 1. The van der Waals surface area contributed by atoms with Crippen molar-refractivity contribution in [2.24, 2.45) is 0 Å². The lowest BCUT2D eigenvalue weighted by molar-refractivity contribution is -0.120. The molecule has 0 radical (unpaired) electrons. The Balaban J connectivity index is 1.98. The number of nitrogens with zero attached hydrogens (tertiary/aromatic N) is 1. The summed E-state index contributed by atoms with van der Waals surface area (Å²) in [6.07, 6.45) is 0. The molecule has 1 N–H and O–H groups in total. The highest BCUT2D eigenvalue weighted by Crippen LogP contribution is 2.23. The molecule has 0 bridgehead atoms. The summed E-state index contributed by atoms with van der Waals surface area (Å²) in [7, 11) is 1.60. The molecule has 0 fully saturated rings. The molecule has 110 valence electrons. The number of carbonyl (C=O) groups excluding carboxylic acids is 2. The molecule has 0 aliphatic rings. The highest BCUT2D eigenvalue weighted by atomic mass is 32.1. The van der Waals surface area contributed by atoms with Crippen LogP contribution in [0.15, 0.2) is 29.6 Å². The summed E-state index contributed by atoms with van der Waals surface area (Å²) in [6.45, 7) is 1.11. The van der Waals surface area contributed by atoms with E-state index < -0.39 is 5.97 Å². The Bertz CT molecular complexity index is 637. The second-order valence-electron chi connectivity index (χ2n) is 4.17. The molecule has 6 nitrogen and oxygen atoms in total. The number of thiazole rings is 1. The molecule has 2 rings (SSSR count). The predicted molar refractivity (Wildman–Crippen MR) is 79.4 cm³/mol. The van der Waals surface area contributed by atoms with Crippen LogP contribution in [-0.4, -0.2) is 30.5 Å². The second kappa shape index (κ2) is 6.85. The van der Waals surface area contributed by atoms with Crippen molar-refractivity contribution in [1.29, 1.82) is 0 Å². The van der Waals surface area contributed by atoms with Crippen LogP contribution in [0, 0.1) is 0 Å². The molecule has 0 spiro atoms. The second-order valence-corrected chi connectivity index (χ2v) is 5.03. The number of nitrogens with one attached hydrogen (secondary N) is 1. The number of esters is 1. The fourth-order valence-electron chi connectivity index (χ4n) is 1.46. The predicted octanol–water partition coefficient (Wildman–Crippen LogP) is 2.64. The maximum Gasteiger partial charge on any atom is 0.358 e. The van der Waals surface area contributed by atoms with Gasteiger partial charge in [-0.3, -0.25) is 4.79 Å². The molecular formula is C14H14N2O4S. The molecule has 0 unspecified atom stereocenters. The van der Waals surface area contributed by atoms with Crippen LogP contribution in [-0.2, 0) is 9.53 Å². The van der Waals surface area contributed by atoms with Gasteiger partial charge in [0.25, 0.3) is 0 Å². The Kier molecular flexibility index (Phi) is 4.89. The standard InChI is InChI=1S/C14H14N2O4S/c1-9(17)7-20-13(18)12-8-21-14(16-12)15-10-3-5-11(19-2)6-4-10/h3-6,8H,7H2,1-2H3,(H,15,16). The Morgan fingerprint density at radius 1 is 1.29 bits per heavy atom. The van der Waals surface area contributed by atoms with Gasteiger partial charge in [-0.25, -0.2) is 9.78 Å². The van der Waals surface area contributed by atoms with E-state index in [1.165, 1.54) is 18.3 Å². The largest absolute Gasteiger partial charge is 0.497 e. The lowest BCUT2D eigenvalue weighted by atomic mass is 10.3. The van der Waals surface area contributed by atoms with E-state index >= 15 is 0 Å². The Morgan fingerprint density at radius 2 is 2.00 bits per heavy atom. The molecule has 21 heavy (non-hydrogen) atoms. The highest BCUT2D eigenvalue weighted by molar-refractivity contribution is 7.14. The van der Waals surface area contributed by atoms with E-state index in [9.17, 15) is 9.59 Å². The van der Waals surface area contributed by atoms with Gasteiger partial charge in [0.05, 0.1) is 7.11 Å². The van der Waals surface area contributed by atoms with Gasteiger partial charge in [-0.15, -0.1) is 11.3 Å². The SMILES string of the molecule is COc1ccc(Nc2nc(C(=O)OCC(C)=O)cs2)cc1. The van der Waals surface area contributed by atoms with Crippen molar-refractivity contribution >= 4 is 33.9 Å². The minimum Gasteiger partial charge on any atom is -0.497 e. The number of methoxy groups -OCH3 is 1. The first-order valence-electron chi connectivity index (χ1n) is 6.11. The van der Waals surface area contributed by atoms with Gasteiger partial charge in [0.15, 0.2) is 16.6 Å². The normalized spacial score (nSPS) is 10.0. The average Bonchev–Trinajstić information content (AvgIpc) is 2.94. The van der Waals surface area contributed by atoms with Crippen molar-refractivity contribution in [2.45, 2.75) is 6.92 Å². The van der Waals surface area contributed by atoms with Crippen molar-refractivity contribution in [3.05, 3.63) is 35.3 Å². The van der Waals surface area contributed by atoms with Crippen LogP contribution >= 0.6 is 11.3 Å². The molecule has 0 saturated carbocycles. The lowest BCUT2D eigenvalue weighted by Gasteiger charge is -2.04. The fraction of sp³-hybridized carbons (Fsp3) is 0.214. The van der Waals surface area contributed by atoms with E-state index in [4.69, 9.17) is 9.47 Å². The van der Waals surface area contributed by atoms with Crippen LogP contribution in [0.2, 0.25) is 0 Å². The van der Waals surface area contributed by atoms with E-state index in [1.54, 1.807) is 12.5 Å². The van der Waals surface area contributed by atoms with Gasteiger partial charge in [0.2, 0.25) is 0 Å². The molecular weight excluding hydrogens is 292 g/mol. The van der Waals surface area contributed by atoms with Crippen LogP contribution in [0.4, 0.5) is 10.8 Å². The zero-order chi connectivity index (χ0) is 15.2. The van der Waals surface area contributed by atoms with Gasteiger partial charge >= 0.3 is 5.97 Å². The molecule has 1 heterocycles. The maximum atomic E-state index is 11.6.